The number of esters is 1. The van der Waals surface area contributed by atoms with Gasteiger partial charge in [-0.3, -0.25) is 4.79 Å². The average Bonchev–Trinajstić information content (AvgIpc) is 2.83. The highest BCUT2D eigenvalue weighted by atomic mass is 19.4. The molecule has 9 heteroatoms. The standard InChI is InChI=1S/C30H27F3O6/c1-17-12-18(2)14-22(13-17)36-16-25(34)37-21-10-11-23-24(15-21)39-28(30(31,32)33)27(26(23)35)38-20-8-6-19(7-9-20)29(3,4)5/h6-15H,16H2,1-5H3. The van der Waals surface area contributed by atoms with Crippen molar-refractivity contribution >= 4 is 16.9 Å². The first-order valence-electron chi connectivity index (χ1n) is 12.1. The number of aryl methyl sites for hydroxylation is 2. The Balaban J connectivity index is 1.60. The van der Waals surface area contributed by atoms with Crippen molar-refractivity contribution in [1.29, 1.82) is 0 Å². The van der Waals surface area contributed by atoms with Crippen molar-refractivity contribution in [2.75, 3.05) is 6.61 Å². The van der Waals surface area contributed by atoms with E-state index in [1.54, 1.807) is 24.3 Å². The molecule has 1 heterocycles. The molecule has 0 atom stereocenters. The molecule has 4 rings (SSSR count). The number of halogens is 3. The largest absolute Gasteiger partial charge is 0.482 e. The molecule has 0 N–H and O–H groups in total. The lowest BCUT2D eigenvalue weighted by Crippen LogP contribution is -2.18. The van der Waals surface area contributed by atoms with Crippen molar-refractivity contribution in [3.63, 3.8) is 0 Å². The predicted octanol–water partition coefficient (Wildman–Crippen LogP) is 7.50. The van der Waals surface area contributed by atoms with Gasteiger partial charge in [-0.05, 0) is 72.4 Å². The summed E-state index contributed by atoms with van der Waals surface area (Å²) in [7, 11) is 0. The molecule has 0 bridgehead atoms. The molecule has 6 nitrogen and oxygen atoms in total. The molecule has 39 heavy (non-hydrogen) atoms. The van der Waals surface area contributed by atoms with Crippen LogP contribution in [0, 0.1) is 13.8 Å². The van der Waals surface area contributed by atoms with E-state index in [0.717, 1.165) is 22.8 Å². The SMILES string of the molecule is Cc1cc(C)cc(OCC(=O)Oc2ccc3c(=O)c(Oc4ccc(C(C)(C)C)cc4)c(C(F)(F)F)oc3c2)c1. The monoisotopic (exact) mass is 540 g/mol. The number of rotatable bonds is 6. The van der Waals surface area contributed by atoms with Crippen LogP contribution in [0.25, 0.3) is 11.0 Å². The second-order valence-corrected chi connectivity index (χ2v) is 10.2. The molecular weight excluding hydrogens is 513 g/mol. The maximum atomic E-state index is 13.9. The summed E-state index contributed by atoms with van der Waals surface area (Å²) >= 11 is 0. The second-order valence-electron chi connectivity index (χ2n) is 10.2. The molecule has 0 fully saturated rings. The molecule has 0 saturated heterocycles. The van der Waals surface area contributed by atoms with E-state index in [1.807, 2.05) is 40.7 Å². The van der Waals surface area contributed by atoms with Gasteiger partial charge in [0, 0.05) is 6.07 Å². The average molecular weight is 541 g/mol. The third-order valence-electron chi connectivity index (χ3n) is 5.80. The van der Waals surface area contributed by atoms with Crippen LogP contribution in [0.15, 0.2) is 69.9 Å². The van der Waals surface area contributed by atoms with E-state index in [0.29, 0.717) is 5.75 Å². The minimum Gasteiger partial charge on any atom is -0.482 e. The molecule has 0 amide bonds. The Labute approximate surface area is 222 Å². The lowest BCUT2D eigenvalue weighted by Gasteiger charge is -2.19. The van der Waals surface area contributed by atoms with Crippen LogP contribution >= 0.6 is 0 Å². The Morgan fingerprint density at radius 2 is 1.46 bits per heavy atom. The lowest BCUT2D eigenvalue weighted by atomic mass is 9.87. The van der Waals surface area contributed by atoms with Crippen molar-refractivity contribution in [3.8, 4) is 23.0 Å². The van der Waals surface area contributed by atoms with E-state index in [1.165, 1.54) is 24.3 Å². The van der Waals surface area contributed by atoms with Gasteiger partial charge in [-0.2, -0.15) is 13.2 Å². The first-order valence-corrected chi connectivity index (χ1v) is 12.1. The Kier molecular flexibility index (Phi) is 7.46. The number of benzene rings is 3. The first-order chi connectivity index (χ1) is 18.2. The highest BCUT2D eigenvalue weighted by Crippen LogP contribution is 2.39. The fourth-order valence-corrected chi connectivity index (χ4v) is 3.96. The molecule has 0 aliphatic carbocycles. The summed E-state index contributed by atoms with van der Waals surface area (Å²) in [5.74, 6) is -2.95. The van der Waals surface area contributed by atoms with E-state index >= 15 is 0 Å². The molecule has 3 aromatic carbocycles. The van der Waals surface area contributed by atoms with Gasteiger partial charge >= 0.3 is 12.1 Å². The summed E-state index contributed by atoms with van der Waals surface area (Å²) in [6, 6.07) is 15.4. The van der Waals surface area contributed by atoms with Gasteiger partial charge in [-0.1, -0.05) is 39.0 Å². The highest BCUT2D eigenvalue weighted by molar-refractivity contribution is 5.81. The molecule has 4 aromatic rings. The van der Waals surface area contributed by atoms with Crippen LogP contribution in [-0.4, -0.2) is 12.6 Å². The molecule has 204 valence electrons. The van der Waals surface area contributed by atoms with Gasteiger partial charge in [-0.15, -0.1) is 0 Å². The summed E-state index contributed by atoms with van der Waals surface area (Å²) in [5, 5.41) is -0.171. The Morgan fingerprint density at radius 1 is 0.846 bits per heavy atom. The number of carbonyl (C=O) groups is 1. The first kappa shape index (κ1) is 27.8. The normalized spacial score (nSPS) is 11.9. The summed E-state index contributed by atoms with van der Waals surface area (Å²) in [4.78, 5) is 25.4. The van der Waals surface area contributed by atoms with Crippen LogP contribution < -0.4 is 19.6 Å². The fourth-order valence-electron chi connectivity index (χ4n) is 3.96. The van der Waals surface area contributed by atoms with Gasteiger partial charge in [-0.25, -0.2) is 4.79 Å². The summed E-state index contributed by atoms with van der Waals surface area (Å²) < 4.78 is 62.8. The van der Waals surface area contributed by atoms with Crippen molar-refractivity contribution in [1.82, 2.24) is 0 Å². The topological polar surface area (TPSA) is 75.0 Å². The number of hydrogen-bond acceptors (Lipinski definition) is 6. The third kappa shape index (κ3) is 6.60. The van der Waals surface area contributed by atoms with Crippen molar-refractivity contribution < 1.29 is 36.6 Å². The highest BCUT2D eigenvalue weighted by Gasteiger charge is 2.40. The maximum Gasteiger partial charge on any atom is 0.453 e. The zero-order chi connectivity index (χ0) is 28.5. The molecular formula is C30H27F3O6. The summed E-state index contributed by atoms with van der Waals surface area (Å²) in [6.45, 7) is 9.31. The van der Waals surface area contributed by atoms with Gasteiger partial charge in [0.1, 0.15) is 22.8 Å². The van der Waals surface area contributed by atoms with E-state index in [2.05, 4.69) is 0 Å². The Hall–Kier alpha value is -4.27. The van der Waals surface area contributed by atoms with Crippen LogP contribution in [0.1, 0.15) is 43.2 Å². The zero-order valence-corrected chi connectivity index (χ0v) is 22.1. The van der Waals surface area contributed by atoms with Crippen molar-refractivity contribution in [3.05, 3.63) is 93.3 Å². The third-order valence-corrected chi connectivity index (χ3v) is 5.80. The number of alkyl halides is 3. The molecule has 0 radical (unpaired) electrons. The molecule has 0 aliphatic rings. The van der Waals surface area contributed by atoms with E-state index in [4.69, 9.17) is 18.6 Å². The fraction of sp³-hybridized carbons (Fsp3) is 0.267. The predicted molar refractivity (Wildman–Crippen MR) is 140 cm³/mol. The number of fused-ring (bicyclic) bond motifs is 1. The molecule has 0 saturated carbocycles. The van der Waals surface area contributed by atoms with Gasteiger partial charge in [0.05, 0.1) is 5.39 Å². The van der Waals surface area contributed by atoms with Gasteiger partial charge in [0.2, 0.25) is 11.2 Å². The summed E-state index contributed by atoms with van der Waals surface area (Å²) in [6.07, 6.45) is -5.03. The molecule has 0 spiro atoms. The second kappa shape index (κ2) is 10.5. The minimum atomic E-state index is -5.03. The molecule has 1 aromatic heterocycles. The van der Waals surface area contributed by atoms with Gasteiger partial charge < -0.3 is 18.6 Å². The van der Waals surface area contributed by atoms with E-state index in [9.17, 15) is 22.8 Å². The Morgan fingerprint density at radius 3 is 2.05 bits per heavy atom. The van der Waals surface area contributed by atoms with Crippen LogP contribution in [0.4, 0.5) is 13.2 Å². The Bertz CT molecular complexity index is 1560. The number of carbonyl (C=O) groups excluding carboxylic acids is 1. The molecule has 0 unspecified atom stereocenters. The molecule has 0 aliphatic heterocycles. The zero-order valence-electron chi connectivity index (χ0n) is 22.1. The minimum absolute atomic E-state index is 0.0505. The number of ether oxygens (including phenoxy) is 3. The lowest BCUT2D eigenvalue weighted by molar-refractivity contribution is -0.154. The quantitative estimate of drug-likeness (QED) is 0.186. The van der Waals surface area contributed by atoms with Crippen LogP contribution in [0.5, 0.6) is 23.0 Å². The van der Waals surface area contributed by atoms with Gasteiger partial charge in [0.15, 0.2) is 6.61 Å². The maximum absolute atomic E-state index is 13.9. The van der Waals surface area contributed by atoms with Crippen molar-refractivity contribution in [2.24, 2.45) is 0 Å². The van der Waals surface area contributed by atoms with Crippen LogP contribution in [-0.2, 0) is 16.4 Å². The van der Waals surface area contributed by atoms with Crippen LogP contribution in [0.3, 0.4) is 0 Å². The van der Waals surface area contributed by atoms with Gasteiger partial charge in [0.25, 0.3) is 5.76 Å². The van der Waals surface area contributed by atoms with E-state index in [-0.39, 0.29) is 22.3 Å². The smallest absolute Gasteiger partial charge is 0.453 e. The summed E-state index contributed by atoms with van der Waals surface area (Å²) in [5.41, 5.74) is 1.24. The van der Waals surface area contributed by atoms with Crippen molar-refractivity contribution in [2.45, 2.75) is 46.2 Å². The van der Waals surface area contributed by atoms with Crippen LogP contribution in [0.2, 0.25) is 0 Å². The van der Waals surface area contributed by atoms with E-state index < -0.39 is 41.3 Å². The number of hydrogen-bond donors (Lipinski definition) is 0.